The van der Waals surface area contributed by atoms with Gasteiger partial charge in [0.1, 0.15) is 5.75 Å². The number of urea groups is 1. The minimum Gasteiger partial charge on any atom is -0.493 e. The number of carbonyl (C=O) groups excluding carboxylic acids is 1. The van der Waals surface area contributed by atoms with Gasteiger partial charge in [0.05, 0.1) is 12.6 Å². The summed E-state index contributed by atoms with van der Waals surface area (Å²) in [5.74, 6) is 0.848. The van der Waals surface area contributed by atoms with Gasteiger partial charge in [0.15, 0.2) is 0 Å². The Kier molecular flexibility index (Phi) is 5.03. The maximum absolute atomic E-state index is 11.8. The SMILES string of the molecule is O=C(NCCCO)NC1CCCOc2ccccc21. The number of hydrogen-bond acceptors (Lipinski definition) is 3. The summed E-state index contributed by atoms with van der Waals surface area (Å²) in [5, 5.41) is 14.4. The Morgan fingerprint density at radius 2 is 2.26 bits per heavy atom. The third-order valence-corrected chi connectivity index (χ3v) is 3.11. The molecule has 0 bridgehead atoms. The lowest BCUT2D eigenvalue weighted by atomic mass is 10.0. The van der Waals surface area contributed by atoms with Crippen LogP contribution in [0.3, 0.4) is 0 Å². The van der Waals surface area contributed by atoms with Crippen molar-refractivity contribution < 1.29 is 14.6 Å². The normalized spacial score (nSPS) is 17.8. The Morgan fingerprint density at radius 1 is 1.42 bits per heavy atom. The van der Waals surface area contributed by atoms with Gasteiger partial charge in [-0.2, -0.15) is 0 Å². The number of rotatable bonds is 4. The standard InChI is InChI=1S/C14H20N2O3/c17-9-4-8-15-14(18)16-12-6-3-10-19-13-7-2-1-5-11(12)13/h1-2,5,7,12,17H,3-4,6,8-10H2,(H2,15,16,18). The summed E-state index contributed by atoms with van der Waals surface area (Å²) in [6, 6.07) is 7.58. The second kappa shape index (κ2) is 6.99. The summed E-state index contributed by atoms with van der Waals surface area (Å²) in [6.07, 6.45) is 2.35. The van der Waals surface area contributed by atoms with Crippen LogP contribution in [0.1, 0.15) is 30.9 Å². The van der Waals surface area contributed by atoms with Crippen LogP contribution < -0.4 is 15.4 Å². The van der Waals surface area contributed by atoms with Gasteiger partial charge in [-0.1, -0.05) is 18.2 Å². The number of benzene rings is 1. The van der Waals surface area contributed by atoms with Gasteiger partial charge >= 0.3 is 6.03 Å². The van der Waals surface area contributed by atoms with Crippen molar-refractivity contribution >= 4 is 6.03 Å². The summed E-state index contributed by atoms with van der Waals surface area (Å²) in [7, 11) is 0. The predicted octanol–water partition coefficient (Wildman–Crippen LogP) is 1.58. The van der Waals surface area contributed by atoms with Crippen LogP contribution in [0.4, 0.5) is 4.79 Å². The minimum atomic E-state index is -0.199. The van der Waals surface area contributed by atoms with Crippen LogP contribution in [0.5, 0.6) is 5.75 Å². The second-order valence-electron chi connectivity index (χ2n) is 4.56. The van der Waals surface area contributed by atoms with Crippen molar-refractivity contribution in [2.45, 2.75) is 25.3 Å². The van der Waals surface area contributed by atoms with E-state index in [1.54, 1.807) is 0 Å². The highest BCUT2D eigenvalue weighted by Gasteiger charge is 2.20. The fourth-order valence-corrected chi connectivity index (χ4v) is 2.17. The summed E-state index contributed by atoms with van der Waals surface area (Å²) in [6.45, 7) is 1.24. The van der Waals surface area contributed by atoms with E-state index in [0.29, 0.717) is 19.6 Å². The van der Waals surface area contributed by atoms with Crippen molar-refractivity contribution in [3.8, 4) is 5.75 Å². The third-order valence-electron chi connectivity index (χ3n) is 3.11. The Labute approximate surface area is 113 Å². The van der Waals surface area contributed by atoms with E-state index in [2.05, 4.69) is 10.6 Å². The number of fused-ring (bicyclic) bond motifs is 1. The average Bonchev–Trinajstić information content (AvgIpc) is 2.62. The van der Waals surface area contributed by atoms with Crippen LogP contribution in [0.25, 0.3) is 0 Å². The Morgan fingerprint density at radius 3 is 3.11 bits per heavy atom. The monoisotopic (exact) mass is 264 g/mol. The zero-order valence-electron chi connectivity index (χ0n) is 10.9. The molecule has 0 fully saturated rings. The predicted molar refractivity (Wildman–Crippen MR) is 72.1 cm³/mol. The van der Waals surface area contributed by atoms with Crippen molar-refractivity contribution in [2.75, 3.05) is 19.8 Å². The summed E-state index contributed by atoms with van der Waals surface area (Å²) in [5.41, 5.74) is 1.03. The molecule has 0 aliphatic carbocycles. The van der Waals surface area contributed by atoms with Crippen LogP contribution in [-0.4, -0.2) is 30.9 Å². The smallest absolute Gasteiger partial charge is 0.315 e. The molecule has 1 heterocycles. The quantitative estimate of drug-likeness (QED) is 0.723. The highest BCUT2D eigenvalue weighted by atomic mass is 16.5. The molecular formula is C14H20N2O3. The first kappa shape index (κ1) is 13.7. The van der Waals surface area contributed by atoms with E-state index in [-0.39, 0.29) is 18.7 Å². The Balaban J connectivity index is 1.98. The number of hydrogen-bond donors (Lipinski definition) is 3. The molecule has 0 radical (unpaired) electrons. The second-order valence-corrected chi connectivity index (χ2v) is 4.56. The molecule has 5 heteroatoms. The van der Waals surface area contributed by atoms with Gasteiger partial charge in [0, 0.05) is 18.7 Å². The van der Waals surface area contributed by atoms with Crippen molar-refractivity contribution in [3.05, 3.63) is 29.8 Å². The molecule has 0 spiro atoms. The molecule has 0 saturated heterocycles. The van der Waals surface area contributed by atoms with Crippen LogP contribution in [-0.2, 0) is 0 Å². The number of carbonyl (C=O) groups is 1. The molecule has 2 rings (SSSR count). The van der Waals surface area contributed by atoms with E-state index in [0.717, 1.165) is 24.2 Å². The highest BCUT2D eigenvalue weighted by Crippen LogP contribution is 2.30. The van der Waals surface area contributed by atoms with Gasteiger partial charge in [-0.05, 0) is 25.3 Å². The van der Waals surface area contributed by atoms with E-state index < -0.39 is 0 Å². The fraction of sp³-hybridized carbons (Fsp3) is 0.500. The zero-order chi connectivity index (χ0) is 13.5. The van der Waals surface area contributed by atoms with Crippen molar-refractivity contribution in [1.29, 1.82) is 0 Å². The maximum atomic E-state index is 11.8. The number of nitrogens with one attached hydrogen (secondary N) is 2. The summed E-state index contributed by atoms with van der Waals surface area (Å²) >= 11 is 0. The molecule has 1 unspecified atom stereocenters. The van der Waals surface area contributed by atoms with Gasteiger partial charge < -0.3 is 20.5 Å². The molecule has 0 aromatic heterocycles. The molecule has 2 amide bonds. The number of aliphatic hydroxyl groups is 1. The van der Waals surface area contributed by atoms with E-state index in [1.807, 2.05) is 24.3 Å². The lowest BCUT2D eigenvalue weighted by Crippen LogP contribution is -2.38. The van der Waals surface area contributed by atoms with Crippen LogP contribution in [0.2, 0.25) is 0 Å². The van der Waals surface area contributed by atoms with Crippen molar-refractivity contribution in [2.24, 2.45) is 0 Å². The first-order valence-corrected chi connectivity index (χ1v) is 6.68. The van der Waals surface area contributed by atoms with Crippen LogP contribution in [0, 0.1) is 0 Å². The number of ether oxygens (including phenoxy) is 1. The Hall–Kier alpha value is -1.75. The van der Waals surface area contributed by atoms with E-state index in [4.69, 9.17) is 9.84 Å². The maximum Gasteiger partial charge on any atom is 0.315 e. The number of aliphatic hydroxyl groups excluding tert-OH is 1. The fourth-order valence-electron chi connectivity index (χ4n) is 2.17. The van der Waals surface area contributed by atoms with Gasteiger partial charge in [-0.15, -0.1) is 0 Å². The molecule has 1 aromatic carbocycles. The first-order chi connectivity index (χ1) is 9.31. The highest BCUT2D eigenvalue weighted by molar-refractivity contribution is 5.74. The summed E-state index contributed by atoms with van der Waals surface area (Å²) < 4.78 is 5.65. The van der Waals surface area contributed by atoms with Crippen molar-refractivity contribution in [3.63, 3.8) is 0 Å². The number of para-hydroxylation sites is 1. The zero-order valence-corrected chi connectivity index (χ0v) is 10.9. The topological polar surface area (TPSA) is 70.6 Å². The molecule has 19 heavy (non-hydrogen) atoms. The lowest BCUT2D eigenvalue weighted by molar-refractivity contribution is 0.233. The van der Waals surface area contributed by atoms with E-state index in [1.165, 1.54) is 0 Å². The van der Waals surface area contributed by atoms with Crippen molar-refractivity contribution in [1.82, 2.24) is 10.6 Å². The van der Waals surface area contributed by atoms with Gasteiger partial charge in [-0.3, -0.25) is 0 Å². The third kappa shape index (κ3) is 3.86. The minimum absolute atomic E-state index is 0.0205. The molecule has 1 aliphatic heterocycles. The average molecular weight is 264 g/mol. The molecule has 3 N–H and O–H groups in total. The molecule has 1 aromatic rings. The summed E-state index contributed by atoms with van der Waals surface area (Å²) in [4.78, 5) is 11.8. The molecule has 1 aliphatic rings. The van der Waals surface area contributed by atoms with Gasteiger partial charge in [0.25, 0.3) is 0 Å². The molecule has 104 valence electrons. The van der Waals surface area contributed by atoms with Crippen LogP contribution in [0.15, 0.2) is 24.3 Å². The first-order valence-electron chi connectivity index (χ1n) is 6.68. The van der Waals surface area contributed by atoms with Gasteiger partial charge in [-0.25, -0.2) is 4.79 Å². The van der Waals surface area contributed by atoms with E-state index >= 15 is 0 Å². The number of amides is 2. The Bertz CT molecular complexity index is 423. The largest absolute Gasteiger partial charge is 0.493 e. The van der Waals surface area contributed by atoms with Gasteiger partial charge in [0.2, 0.25) is 0 Å². The van der Waals surface area contributed by atoms with Crippen LogP contribution >= 0.6 is 0 Å². The molecule has 5 nitrogen and oxygen atoms in total. The molecule has 0 saturated carbocycles. The molecular weight excluding hydrogens is 244 g/mol. The molecule has 1 atom stereocenters. The van der Waals surface area contributed by atoms with E-state index in [9.17, 15) is 4.79 Å². The lowest BCUT2D eigenvalue weighted by Gasteiger charge is -2.18.